The molecule has 1 heterocycles. The van der Waals surface area contributed by atoms with Crippen molar-refractivity contribution in [1.29, 1.82) is 0 Å². The number of hydrogen-bond acceptors (Lipinski definition) is 1. The number of ether oxygens (including phenoxy) is 1. The Balaban J connectivity index is 0.000000131. The van der Waals surface area contributed by atoms with Crippen LogP contribution in [0.25, 0.3) is 11.1 Å². The van der Waals surface area contributed by atoms with E-state index in [0.29, 0.717) is 6.10 Å². The summed E-state index contributed by atoms with van der Waals surface area (Å²) in [6, 6.07) is 31.1. The Labute approximate surface area is 125 Å². The lowest BCUT2D eigenvalue weighted by Gasteiger charge is -1.98. The normalized spacial score (nSPS) is 15.7. The Kier molecular flexibility index (Phi) is 4.45. The molecule has 1 aliphatic rings. The van der Waals surface area contributed by atoms with Crippen LogP contribution in [0, 0.1) is 0 Å². The molecule has 0 spiro atoms. The van der Waals surface area contributed by atoms with Gasteiger partial charge >= 0.3 is 0 Å². The Morgan fingerprint density at radius 2 is 0.952 bits per heavy atom. The van der Waals surface area contributed by atoms with Crippen molar-refractivity contribution in [2.45, 2.75) is 6.10 Å². The third-order valence-electron chi connectivity index (χ3n) is 3.39. The van der Waals surface area contributed by atoms with E-state index in [1.54, 1.807) is 0 Å². The summed E-state index contributed by atoms with van der Waals surface area (Å²) in [5, 5.41) is 0. The molecule has 0 aromatic heterocycles. The van der Waals surface area contributed by atoms with Crippen LogP contribution in [-0.2, 0) is 4.74 Å². The van der Waals surface area contributed by atoms with Crippen LogP contribution < -0.4 is 0 Å². The molecule has 3 aromatic carbocycles. The van der Waals surface area contributed by atoms with Crippen molar-refractivity contribution in [2.75, 3.05) is 6.61 Å². The third kappa shape index (κ3) is 4.04. The first-order valence-corrected chi connectivity index (χ1v) is 7.20. The van der Waals surface area contributed by atoms with Crippen molar-refractivity contribution in [3.8, 4) is 11.1 Å². The Morgan fingerprint density at radius 3 is 1.33 bits per heavy atom. The smallest absolute Gasteiger partial charge is 0.106 e. The predicted molar refractivity (Wildman–Crippen MR) is 87.0 cm³/mol. The van der Waals surface area contributed by atoms with Gasteiger partial charge in [-0.25, -0.2) is 0 Å². The first kappa shape index (κ1) is 13.6. The lowest BCUT2D eigenvalue weighted by Crippen LogP contribution is -1.75. The van der Waals surface area contributed by atoms with E-state index in [4.69, 9.17) is 4.74 Å². The van der Waals surface area contributed by atoms with Crippen LogP contribution in [0.3, 0.4) is 0 Å². The zero-order chi connectivity index (χ0) is 14.3. The minimum absolute atomic E-state index is 0.409. The highest BCUT2D eigenvalue weighted by molar-refractivity contribution is 5.62. The lowest BCUT2D eigenvalue weighted by atomic mass is 10.1. The van der Waals surface area contributed by atoms with Crippen LogP contribution in [0.2, 0.25) is 0 Å². The molecular weight excluding hydrogens is 256 g/mol. The molecule has 0 N–H and O–H groups in total. The summed E-state index contributed by atoms with van der Waals surface area (Å²) in [6.45, 7) is 0.907. The second-order valence-electron chi connectivity index (χ2n) is 4.96. The van der Waals surface area contributed by atoms with Gasteiger partial charge in [0.05, 0.1) is 6.61 Å². The van der Waals surface area contributed by atoms with Crippen molar-refractivity contribution in [3.05, 3.63) is 96.6 Å². The molecule has 1 atom stereocenters. The van der Waals surface area contributed by atoms with E-state index in [2.05, 4.69) is 60.7 Å². The van der Waals surface area contributed by atoms with Crippen LogP contribution in [0.4, 0.5) is 0 Å². The molecule has 0 aliphatic carbocycles. The summed E-state index contributed by atoms with van der Waals surface area (Å²) in [5.74, 6) is 0. The minimum Gasteiger partial charge on any atom is -0.368 e. The third-order valence-corrected chi connectivity index (χ3v) is 3.39. The fourth-order valence-electron chi connectivity index (χ4n) is 2.17. The number of epoxide rings is 1. The van der Waals surface area contributed by atoms with Gasteiger partial charge in [0.1, 0.15) is 6.10 Å². The molecule has 0 amide bonds. The summed E-state index contributed by atoms with van der Waals surface area (Å²) < 4.78 is 5.09. The zero-order valence-corrected chi connectivity index (χ0v) is 11.9. The van der Waals surface area contributed by atoms with Gasteiger partial charge in [-0.3, -0.25) is 0 Å². The largest absolute Gasteiger partial charge is 0.368 e. The van der Waals surface area contributed by atoms with Crippen molar-refractivity contribution in [2.24, 2.45) is 0 Å². The van der Waals surface area contributed by atoms with E-state index in [-0.39, 0.29) is 0 Å². The Hall–Kier alpha value is -2.38. The quantitative estimate of drug-likeness (QED) is 0.591. The van der Waals surface area contributed by atoms with Crippen molar-refractivity contribution >= 4 is 0 Å². The van der Waals surface area contributed by atoms with Gasteiger partial charge < -0.3 is 4.74 Å². The molecule has 4 rings (SSSR count). The zero-order valence-electron chi connectivity index (χ0n) is 11.9. The fourth-order valence-corrected chi connectivity index (χ4v) is 2.17. The summed E-state index contributed by atoms with van der Waals surface area (Å²) in [5.41, 5.74) is 3.86. The van der Waals surface area contributed by atoms with Crippen LogP contribution in [0.15, 0.2) is 91.0 Å². The molecule has 0 saturated carbocycles. The van der Waals surface area contributed by atoms with Crippen molar-refractivity contribution < 1.29 is 4.74 Å². The molecule has 1 fully saturated rings. The minimum atomic E-state index is 0.409. The molecule has 1 saturated heterocycles. The SMILES string of the molecule is c1ccc(-c2ccccc2)cc1.c1ccc(C2CO2)cc1. The second kappa shape index (κ2) is 6.87. The highest BCUT2D eigenvalue weighted by atomic mass is 16.6. The number of benzene rings is 3. The summed E-state index contributed by atoms with van der Waals surface area (Å²) in [6.07, 6.45) is 0.409. The van der Waals surface area contributed by atoms with Crippen molar-refractivity contribution in [3.63, 3.8) is 0 Å². The Bertz CT molecular complexity index is 606. The van der Waals surface area contributed by atoms with E-state index in [1.807, 2.05) is 30.3 Å². The summed E-state index contributed by atoms with van der Waals surface area (Å²) in [4.78, 5) is 0. The number of hydrogen-bond donors (Lipinski definition) is 0. The average molecular weight is 274 g/mol. The molecule has 21 heavy (non-hydrogen) atoms. The Morgan fingerprint density at radius 1 is 0.571 bits per heavy atom. The van der Waals surface area contributed by atoms with Crippen LogP contribution in [0.5, 0.6) is 0 Å². The van der Waals surface area contributed by atoms with Gasteiger partial charge in [0.2, 0.25) is 0 Å². The van der Waals surface area contributed by atoms with E-state index in [0.717, 1.165) is 6.61 Å². The maximum Gasteiger partial charge on any atom is 0.106 e. The van der Waals surface area contributed by atoms with E-state index in [1.165, 1.54) is 16.7 Å². The number of rotatable bonds is 2. The first-order valence-electron chi connectivity index (χ1n) is 7.20. The highest BCUT2D eigenvalue weighted by Gasteiger charge is 2.23. The van der Waals surface area contributed by atoms with Crippen LogP contribution in [-0.4, -0.2) is 6.61 Å². The van der Waals surface area contributed by atoms with Crippen LogP contribution in [0.1, 0.15) is 11.7 Å². The maximum absolute atomic E-state index is 5.09. The van der Waals surface area contributed by atoms with E-state index >= 15 is 0 Å². The molecule has 1 heteroatoms. The molecule has 1 unspecified atom stereocenters. The summed E-state index contributed by atoms with van der Waals surface area (Å²) in [7, 11) is 0. The van der Waals surface area contributed by atoms with Gasteiger partial charge in [-0.1, -0.05) is 91.0 Å². The fraction of sp³-hybridized carbons (Fsp3) is 0.100. The molecule has 104 valence electrons. The van der Waals surface area contributed by atoms with Crippen molar-refractivity contribution in [1.82, 2.24) is 0 Å². The molecular formula is C20H18O. The predicted octanol–water partition coefficient (Wildman–Crippen LogP) is 5.11. The first-order chi connectivity index (χ1) is 10.4. The molecule has 0 radical (unpaired) electrons. The van der Waals surface area contributed by atoms with Gasteiger partial charge in [0.25, 0.3) is 0 Å². The molecule has 1 nitrogen and oxygen atoms in total. The van der Waals surface area contributed by atoms with E-state index < -0.39 is 0 Å². The van der Waals surface area contributed by atoms with Gasteiger partial charge in [-0.05, 0) is 16.7 Å². The van der Waals surface area contributed by atoms with Crippen LogP contribution >= 0.6 is 0 Å². The molecule has 1 aliphatic heterocycles. The second-order valence-corrected chi connectivity index (χ2v) is 4.96. The average Bonchev–Trinajstić information content (AvgIpc) is 3.43. The van der Waals surface area contributed by atoms with Gasteiger partial charge in [0.15, 0.2) is 0 Å². The highest BCUT2D eigenvalue weighted by Crippen LogP contribution is 2.28. The lowest BCUT2D eigenvalue weighted by molar-refractivity contribution is 0.415. The monoisotopic (exact) mass is 274 g/mol. The molecule has 3 aromatic rings. The van der Waals surface area contributed by atoms with Gasteiger partial charge in [0, 0.05) is 0 Å². The molecule has 0 bridgehead atoms. The topological polar surface area (TPSA) is 12.5 Å². The van der Waals surface area contributed by atoms with Gasteiger partial charge in [-0.2, -0.15) is 0 Å². The summed E-state index contributed by atoms with van der Waals surface area (Å²) >= 11 is 0. The standard InChI is InChI=1S/C12H10.C8H8O/c1-3-7-11(8-4-1)12-9-5-2-6-10-12;1-2-4-7(5-3-1)8-6-9-8/h1-10H;1-5,8H,6H2. The van der Waals surface area contributed by atoms with Gasteiger partial charge in [-0.15, -0.1) is 0 Å². The maximum atomic E-state index is 5.09. The van der Waals surface area contributed by atoms with E-state index in [9.17, 15) is 0 Å².